The summed E-state index contributed by atoms with van der Waals surface area (Å²) in [6, 6.07) is 4.03. The molecule has 0 N–H and O–H groups in total. The monoisotopic (exact) mass is 1000 g/mol. The van der Waals surface area contributed by atoms with Gasteiger partial charge in [-0.1, -0.05) is 216 Å². The van der Waals surface area contributed by atoms with Crippen molar-refractivity contribution >= 4 is 32.2 Å². The van der Waals surface area contributed by atoms with Gasteiger partial charge < -0.3 is 23.4 Å². The molecule has 0 aliphatic heterocycles. The number of unbranched alkanes of at least 4 members (excludes halogenated alkanes) is 24. The molecule has 0 aliphatic carbocycles. The third kappa shape index (κ3) is 31.7. The second kappa shape index (κ2) is 37.9. The minimum absolute atomic E-state index is 0.00330. The molecule has 0 fully saturated rings. The van der Waals surface area contributed by atoms with Crippen LogP contribution in [0.4, 0.5) is 0 Å². The zero-order valence-electron chi connectivity index (χ0n) is 47.5. The molecule has 1 rings (SSSR count). The smallest absolute Gasteiger partial charge is 0.311 e. The Balaban J connectivity index is 2.73. The highest BCUT2D eigenvalue weighted by molar-refractivity contribution is 6.74. The largest absolute Gasteiger partial charge is 0.462 e. The van der Waals surface area contributed by atoms with E-state index < -0.39 is 32.3 Å². The molecular weight excluding hydrogens is 893 g/mol. The average molecular weight is 1000 g/mol. The molecule has 9 nitrogen and oxygen atoms in total. The molecule has 0 spiro atoms. The number of carbonyl (C=O) groups is 4. The molecule has 70 heavy (non-hydrogen) atoms. The van der Waals surface area contributed by atoms with Crippen LogP contribution in [0.25, 0.3) is 0 Å². The first-order valence-corrected chi connectivity index (χ1v) is 31.6. The van der Waals surface area contributed by atoms with Crippen LogP contribution in [-0.2, 0) is 43.2 Å². The lowest BCUT2D eigenvalue weighted by molar-refractivity contribution is -0.167. The van der Waals surface area contributed by atoms with Gasteiger partial charge in [0.1, 0.15) is 19.0 Å². The second-order valence-corrected chi connectivity index (χ2v) is 28.0. The van der Waals surface area contributed by atoms with Gasteiger partial charge in [0, 0.05) is 37.9 Å². The predicted octanol–water partition coefficient (Wildman–Crippen LogP) is 17.3. The van der Waals surface area contributed by atoms with E-state index in [9.17, 15) is 19.2 Å². The van der Waals surface area contributed by atoms with Crippen LogP contribution in [0.2, 0.25) is 18.1 Å². The van der Waals surface area contributed by atoms with Gasteiger partial charge in [-0.25, -0.2) is 0 Å². The van der Waals surface area contributed by atoms with E-state index in [0.29, 0.717) is 25.2 Å². The maximum atomic E-state index is 13.5. The van der Waals surface area contributed by atoms with Crippen molar-refractivity contribution < 1.29 is 42.6 Å². The SMILES string of the molecule is CCCCCCCCCCCCCCCC(=O)OCC(COC(=O)CCCCCCCCCCCCCCC)OC(=O)CC(C)CC(=O)Oc1cc(C)cc(C)c1C(C)(C)CCO[Si](C)(C)C(C)(C)C. The van der Waals surface area contributed by atoms with E-state index in [0.717, 1.165) is 61.6 Å². The highest BCUT2D eigenvalue weighted by Crippen LogP contribution is 2.40. The zero-order valence-corrected chi connectivity index (χ0v) is 48.5. The van der Waals surface area contributed by atoms with Crippen molar-refractivity contribution in [3.63, 3.8) is 0 Å². The summed E-state index contributed by atoms with van der Waals surface area (Å²) in [6.07, 6.45) is 32.1. The normalized spacial score (nSPS) is 12.6. The van der Waals surface area contributed by atoms with E-state index in [2.05, 4.69) is 74.6 Å². The lowest BCUT2D eigenvalue weighted by Gasteiger charge is -2.37. The molecule has 0 amide bonds. The third-order valence-corrected chi connectivity index (χ3v) is 19.0. The number of carbonyl (C=O) groups excluding carboxylic acids is 4. The summed E-state index contributed by atoms with van der Waals surface area (Å²) in [7, 11) is -1.93. The van der Waals surface area contributed by atoms with Gasteiger partial charge in [-0.3, -0.25) is 19.2 Å². The van der Waals surface area contributed by atoms with Crippen LogP contribution in [0.5, 0.6) is 5.75 Å². The lowest BCUT2D eigenvalue weighted by Crippen LogP contribution is -2.41. The zero-order chi connectivity index (χ0) is 52.3. The molecule has 1 atom stereocenters. The molecular formula is C60H108O9Si. The van der Waals surface area contributed by atoms with Gasteiger partial charge in [0.2, 0.25) is 0 Å². The van der Waals surface area contributed by atoms with E-state index in [1.165, 1.54) is 128 Å². The fourth-order valence-corrected chi connectivity index (χ4v) is 10.1. The van der Waals surface area contributed by atoms with Crippen molar-refractivity contribution in [3.05, 3.63) is 28.8 Å². The van der Waals surface area contributed by atoms with Gasteiger partial charge in [0.25, 0.3) is 0 Å². The molecule has 0 aromatic heterocycles. The van der Waals surface area contributed by atoms with Crippen LogP contribution < -0.4 is 4.74 Å². The Labute approximate surface area is 431 Å². The van der Waals surface area contributed by atoms with E-state index in [1.807, 2.05) is 19.9 Å². The van der Waals surface area contributed by atoms with E-state index in [4.69, 9.17) is 23.4 Å². The first-order valence-electron chi connectivity index (χ1n) is 28.7. The van der Waals surface area contributed by atoms with Crippen LogP contribution in [-0.4, -0.2) is 58.1 Å². The maximum Gasteiger partial charge on any atom is 0.311 e. The van der Waals surface area contributed by atoms with Crippen LogP contribution in [0.1, 0.15) is 271 Å². The van der Waals surface area contributed by atoms with Crippen molar-refractivity contribution in [1.82, 2.24) is 0 Å². The van der Waals surface area contributed by atoms with Crippen LogP contribution in [0.15, 0.2) is 12.1 Å². The van der Waals surface area contributed by atoms with Crippen molar-refractivity contribution in [2.45, 2.75) is 298 Å². The van der Waals surface area contributed by atoms with Gasteiger partial charge in [0.15, 0.2) is 14.4 Å². The average Bonchev–Trinajstić information content (AvgIpc) is 3.26. The number of aryl methyl sites for hydroxylation is 2. The first-order chi connectivity index (χ1) is 33.2. The standard InChI is InChI=1S/C60H108O9Si/c1-13-15-17-19-21-23-25-27-29-31-33-35-37-39-54(61)65-47-52(48-66-55(62)40-38-36-34-32-30-28-26-24-22-20-18-16-14-2)68-56(63)45-50(4)46-57(64)69-53-44-49(3)43-51(5)58(53)60(9,10)41-42-67-70(11,12)59(6,7)8/h43-44,50,52H,13-42,45-48H2,1-12H3. The number of hydrogen-bond donors (Lipinski definition) is 0. The predicted molar refractivity (Wildman–Crippen MR) is 293 cm³/mol. The lowest BCUT2D eigenvalue weighted by atomic mass is 9.78. The van der Waals surface area contributed by atoms with Crippen LogP contribution >= 0.6 is 0 Å². The summed E-state index contributed by atoms with van der Waals surface area (Å²) in [4.78, 5) is 52.5. The Kier molecular flexibility index (Phi) is 35.4. The van der Waals surface area contributed by atoms with Crippen molar-refractivity contribution in [2.75, 3.05) is 19.8 Å². The van der Waals surface area contributed by atoms with Gasteiger partial charge in [-0.15, -0.1) is 0 Å². The number of ether oxygens (including phenoxy) is 4. The highest BCUT2D eigenvalue weighted by atomic mass is 28.4. The topological polar surface area (TPSA) is 114 Å². The fourth-order valence-electron chi connectivity index (χ4n) is 9.03. The summed E-state index contributed by atoms with van der Waals surface area (Å²) in [5.74, 6) is -1.54. The minimum Gasteiger partial charge on any atom is -0.462 e. The third-order valence-electron chi connectivity index (χ3n) is 14.5. The van der Waals surface area contributed by atoms with Crippen molar-refractivity contribution in [3.8, 4) is 5.75 Å². The summed E-state index contributed by atoms with van der Waals surface area (Å²) < 4.78 is 29.6. The molecule has 0 heterocycles. The van der Waals surface area contributed by atoms with Gasteiger partial charge in [-0.2, -0.15) is 0 Å². The maximum absolute atomic E-state index is 13.5. The summed E-state index contributed by atoms with van der Waals surface area (Å²) in [5, 5.41) is 0.109. The number of benzene rings is 1. The Hall–Kier alpha value is -2.72. The van der Waals surface area contributed by atoms with Gasteiger partial charge in [-0.05, 0) is 79.8 Å². The summed E-state index contributed by atoms with van der Waals surface area (Å²) >= 11 is 0. The summed E-state index contributed by atoms with van der Waals surface area (Å²) in [6.45, 7) is 26.2. The molecule has 0 radical (unpaired) electrons. The molecule has 0 bridgehead atoms. The minimum atomic E-state index is -1.93. The molecule has 1 unspecified atom stereocenters. The number of rotatable bonds is 43. The highest BCUT2D eigenvalue weighted by Gasteiger charge is 2.38. The van der Waals surface area contributed by atoms with E-state index in [-0.39, 0.29) is 48.4 Å². The summed E-state index contributed by atoms with van der Waals surface area (Å²) in [5.41, 5.74) is 2.70. The molecule has 1 aromatic rings. The number of esters is 4. The number of hydrogen-bond acceptors (Lipinski definition) is 9. The first kappa shape index (κ1) is 65.3. The van der Waals surface area contributed by atoms with Crippen LogP contribution in [0, 0.1) is 19.8 Å². The Bertz CT molecular complexity index is 1520. The Morgan fingerprint density at radius 1 is 0.543 bits per heavy atom. The van der Waals surface area contributed by atoms with Gasteiger partial charge in [0.05, 0.1) is 0 Å². The molecule has 0 saturated heterocycles. The molecule has 0 aliphatic rings. The molecule has 0 saturated carbocycles. The van der Waals surface area contributed by atoms with Crippen molar-refractivity contribution in [2.24, 2.45) is 5.92 Å². The Morgan fingerprint density at radius 3 is 1.33 bits per heavy atom. The van der Waals surface area contributed by atoms with Gasteiger partial charge >= 0.3 is 23.9 Å². The van der Waals surface area contributed by atoms with Crippen molar-refractivity contribution in [1.29, 1.82) is 0 Å². The fraction of sp³-hybridized carbons (Fsp3) is 0.833. The Morgan fingerprint density at radius 2 is 0.929 bits per heavy atom. The van der Waals surface area contributed by atoms with Crippen LogP contribution in [0.3, 0.4) is 0 Å². The molecule has 406 valence electrons. The van der Waals surface area contributed by atoms with E-state index in [1.54, 1.807) is 0 Å². The van der Waals surface area contributed by atoms with E-state index >= 15 is 0 Å². The quantitative estimate of drug-likeness (QED) is 0.0207. The second-order valence-electron chi connectivity index (χ2n) is 23.1. The molecule has 10 heteroatoms. The molecule has 1 aromatic carbocycles.